The summed E-state index contributed by atoms with van der Waals surface area (Å²) in [6, 6.07) is 8.89. The van der Waals surface area contributed by atoms with Crippen LogP contribution in [0.2, 0.25) is 0 Å². The summed E-state index contributed by atoms with van der Waals surface area (Å²) in [5.74, 6) is 1.54. The van der Waals surface area contributed by atoms with Gasteiger partial charge in [-0.05, 0) is 57.2 Å². The summed E-state index contributed by atoms with van der Waals surface area (Å²) in [6.07, 6.45) is 5.89. The Hall–Kier alpha value is -2.01. The van der Waals surface area contributed by atoms with E-state index in [0.717, 1.165) is 25.1 Å². The maximum atomic E-state index is 11.5. The van der Waals surface area contributed by atoms with Gasteiger partial charge in [0, 0.05) is 19.1 Å². The topological polar surface area (TPSA) is 59.6 Å². The Kier molecular flexibility index (Phi) is 6.88. The number of carbonyl (C=O) groups excluding carboxylic acids is 1. The Morgan fingerprint density at radius 1 is 1.24 bits per heavy atom. The first-order chi connectivity index (χ1) is 11.9. The lowest BCUT2D eigenvalue weighted by atomic mass is 9.76. The molecule has 5 nitrogen and oxygen atoms in total. The van der Waals surface area contributed by atoms with Crippen molar-refractivity contribution in [2.24, 2.45) is 0 Å². The minimum atomic E-state index is -0.459. The zero-order valence-corrected chi connectivity index (χ0v) is 15.7. The quantitative estimate of drug-likeness (QED) is 0.741. The first-order valence-electron chi connectivity index (χ1n) is 8.86. The third kappa shape index (κ3) is 6.78. The fourth-order valence-electron chi connectivity index (χ4n) is 2.81. The van der Waals surface area contributed by atoms with Crippen LogP contribution >= 0.6 is 0 Å². The molecule has 2 N–H and O–H groups in total. The average Bonchev–Trinajstić information content (AvgIpc) is 2.50. The molecular weight excluding hydrogens is 316 g/mol. The van der Waals surface area contributed by atoms with Crippen molar-refractivity contribution in [1.29, 1.82) is 0 Å². The van der Waals surface area contributed by atoms with Gasteiger partial charge in [0.25, 0.3) is 0 Å². The molecule has 0 aromatic heterocycles. The van der Waals surface area contributed by atoms with Crippen molar-refractivity contribution in [3.8, 4) is 5.75 Å². The SMILES string of the molecule is COc1cccc(C2CC(NC/C=C/CNC(=O)OC(C)(C)C)C2)c1. The smallest absolute Gasteiger partial charge is 0.407 e. The molecule has 25 heavy (non-hydrogen) atoms. The highest BCUT2D eigenvalue weighted by atomic mass is 16.6. The summed E-state index contributed by atoms with van der Waals surface area (Å²) >= 11 is 0. The number of benzene rings is 1. The van der Waals surface area contributed by atoms with Crippen LogP contribution in [0, 0.1) is 0 Å². The van der Waals surface area contributed by atoms with Gasteiger partial charge < -0.3 is 20.1 Å². The third-order valence-electron chi connectivity index (χ3n) is 4.16. The van der Waals surface area contributed by atoms with Crippen molar-refractivity contribution in [3.63, 3.8) is 0 Å². The Labute approximate surface area is 150 Å². The van der Waals surface area contributed by atoms with Gasteiger partial charge in [-0.2, -0.15) is 0 Å². The lowest BCUT2D eigenvalue weighted by Crippen LogP contribution is -2.40. The molecule has 1 saturated carbocycles. The number of amides is 1. The van der Waals surface area contributed by atoms with Gasteiger partial charge in [0.2, 0.25) is 0 Å². The number of hydrogen-bond donors (Lipinski definition) is 2. The molecule has 1 fully saturated rings. The average molecular weight is 346 g/mol. The summed E-state index contributed by atoms with van der Waals surface area (Å²) in [5, 5.41) is 6.22. The van der Waals surface area contributed by atoms with E-state index >= 15 is 0 Å². The Morgan fingerprint density at radius 3 is 2.64 bits per heavy atom. The highest BCUT2D eigenvalue weighted by Gasteiger charge is 2.29. The van der Waals surface area contributed by atoms with Crippen LogP contribution in [-0.4, -0.2) is 37.9 Å². The van der Waals surface area contributed by atoms with Gasteiger partial charge in [-0.15, -0.1) is 0 Å². The second-order valence-corrected chi connectivity index (χ2v) is 7.40. The molecule has 0 spiro atoms. The summed E-state index contributed by atoms with van der Waals surface area (Å²) in [4.78, 5) is 11.5. The third-order valence-corrected chi connectivity index (χ3v) is 4.16. The van der Waals surface area contributed by atoms with Crippen LogP contribution in [0.5, 0.6) is 5.75 Å². The van der Waals surface area contributed by atoms with Crippen LogP contribution in [0.3, 0.4) is 0 Å². The van der Waals surface area contributed by atoms with Crippen LogP contribution in [0.1, 0.15) is 45.1 Å². The Balaban J connectivity index is 1.57. The molecule has 1 amide bonds. The zero-order valence-electron chi connectivity index (χ0n) is 15.7. The normalized spacial score (nSPS) is 20.2. The highest BCUT2D eigenvalue weighted by Crippen LogP contribution is 2.37. The minimum absolute atomic E-state index is 0.384. The van der Waals surface area contributed by atoms with Gasteiger partial charge in [0.15, 0.2) is 0 Å². The van der Waals surface area contributed by atoms with E-state index < -0.39 is 5.60 Å². The van der Waals surface area contributed by atoms with Gasteiger partial charge >= 0.3 is 6.09 Å². The molecule has 0 atom stereocenters. The largest absolute Gasteiger partial charge is 0.497 e. The lowest BCUT2D eigenvalue weighted by molar-refractivity contribution is 0.0534. The van der Waals surface area contributed by atoms with E-state index in [1.165, 1.54) is 5.56 Å². The summed E-state index contributed by atoms with van der Waals surface area (Å²) in [7, 11) is 1.70. The fourth-order valence-corrected chi connectivity index (χ4v) is 2.81. The Bertz CT molecular complexity index is 587. The van der Waals surface area contributed by atoms with Crippen molar-refractivity contribution in [1.82, 2.24) is 10.6 Å². The Morgan fingerprint density at radius 2 is 1.96 bits per heavy atom. The van der Waals surface area contributed by atoms with E-state index in [4.69, 9.17) is 9.47 Å². The van der Waals surface area contributed by atoms with E-state index in [1.54, 1.807) is 7.11 Å². The van der Waals surface area contributed by atoms with E-state index in [1.807, 2.05) is 39.0 Å². The maximum absolute atomic E-state index is 11.5. The second kappa shape index (κ2) is 8.90. The predicted octanol–water partition coefficient (Wildman–Crippen LogP) is 3.61. The number of ether oxygens (including phenoxy) is 2. The number of rotatable bonds is 7. The molecule has 0 unspecified atom stereocenters. The van der Waals surface area contributed by atoms with Crippen molar-refractivity contribution in [2.75, 3.05) is 20.2 Å². The molecule has 1 aliphatic carbocycles. The standard InChI is InChI=1S/C20H30N2O3/c1-20(2,3)25-19(23)22-11-6-5-10-21-17-12-16(13-17)15-8-7-9-18(14-15)24-4/h5-9,14,16-17,21H,10-13H2,1-4H3,(H,22,23)/b6-5+. The number of carbonyl (C=O) groups is 1. The molecule has 5 heteroatoms. The molecule has 2 rings (SSSR count). The van der Waals surface area contributed by atoms with Gasteiger partial charge in [-0.3, -0.25) is 0 Å². The van der Waals surface area contributed by atoms with Crippen LogP contribution in [-0.2, 0) is 4.74 Å². The van der Waals surface area contributed by atoms with E-state index in [-0.39, 0.29) is 6.09 Å². The van der Waals surface area contributed by atoms with Crippen molar-refractivity contribution < 1.29 is 14.3 Å². The first kappa shape index (κ1) is 19.3. The van der Waals surface area contributed by atoms with Crippen molar-refractivity contribution in [2.45, 2.75) is 51.2 Å². The van der Waals surface area contributed by atoms with Gasteiger partial charge in [-0.25, -0.2) is 4.79 Å². The number of nitrogens with one attached hydrogen (secondary N) is 2. The van der Waals surface area contributed by atoms with Crippen LogP contribution < -0.4 is 15.4 Å². The fraction of sp³-hybridized carbons (Fsp3) is 0.550. The molecule has 0 saturated heterocycles. The number of hydrogen-bond acceptors (Lipinski definition) is 4. The van der Waals surface area contributed by atoms with E-state index in [2.05, 4.69) is 28.8 Å². The van der Waals surface area contributed by atoms with Gasteiger partial charge in [0.1, 0.15) is 11.4 Å². The summed E-state index contributed by atoms with van der Waals surface area (Å²) in [6.45, 7) is 6.84. The lowest BCUT2D eigenvalue weighted by Gasteiger charge is -2.36. The number of methoxy groups -OCH3 is 1. The molecule has 138 valence electrons. The predicted molar refractivity (Wildman–Crippen MR) is 100 cm³/mol. The molecule has 0 aliphatic heterocycles. The molecular formula is C20H30N2O3. The molecule has 0 heterocycles. The summed E-state index contributed by atoms with van der Waals surface area (Å²) < 4.78 is 10.5. The van der Waals surface area contributed by atoms with Crippen LogP contribution in [0.25, 0.3) is 0 Å². The molecule has 1 aromatic rings. The molecule has 0 bridgehead atoms. The maximum Gasteiger partial charge on any atom is 0.407 e. The number of alkyl carbamates (subject to hydrolysis) is 1. The van der Waals surface area contributed by atoms with E-state index in [9.17, 15) is 4.79 Å². The summed E-state index contributed by atoms with van der Waals surface area (Å²) in [5.41, 5.74) is 0.897. The van der Waals surface area contributed by atoms with Gasteiger partial charge in [-0.1, -0.05) is 24.3 Å². The van der Waals surface area contributed by atoms with Crippen molar-refractivity contribution in [3.05, 3.63) is 42.0 Å². The van der Waals surface area contributed by atoms with E-state index in [0.29, 0.717) is 18.5 Å². The zero-order chi connectivity index (χ0) is 18.3. The van der Waals surface area contributed by atoms with Crippen molar-refractivity contribution >= 4 is 6.09 Å². The monoisotopic (exact) mass is 346 g/mol. The molecule has 1 aromatic carbocycles. The highest BCUT2D eigenvalue weighted by molar-refractivity contribution is 5.67. The van der Waals surface area contributed by atoms with Crippen LogP contribution in [0.4, 0.5) is 4.79 Å². The minimum Gasteiger partial charge on any atom is -0.497 e. The van der Waals surface area contributed by atoms with Crippen LogP contribution in [0.15, 0.2) is 36.4 Å². The molecule has 1 aliphatic rings. The first-order valence-corrected chi connectivity index (χ1v) is 8.86. The molecule has 0 radical (unpaired) electrons. The van der Waals surface area contributed by atoms with Gasteiger partial charge in [0.05, 0.1) is 7.11 Å². The second-order valence-electron chi connectivity index (χ2n) is 7.40.